The van der Waals surface area contributed by atoms with Crippen LogP contribution >= 0.6 is 0 Å². The molecule has 0 aliphatic carbocycles. The number of hydrogen-bond acceptors (Lipinski definition) is 4. The second-order valence-corrected chi connectivity index (χ2v) is 4.77. The molecular weight excluding hydrogens is 252 g/mol. The van der Waals surface area contributed by atoms with E-state index in [9.17, 15) is 4.79 Å². The van der Waals surface area contributed by atoms with Crippen molar-refractivity contribution in [2.75, 3.05) is 18.0 Å². The third-order valence-electron chi connectivity index (χ3n) is 3.26. The predicted octanol–water partition coefficient (Wildman–Crippen LogP) is 2.04. The first-order chi connectivity index (χ1) is 9.79. The average molecular weight is 270 g/mol. The molecular formula is C15H18N4O. The molecule has 1 aliphatic rings. The summed E-state index contributed by atoms with van der Waals surface area (Å²) in [4.78, 5) is 13.4. The van der Waals surface area contributed by atoms with E-state index in [2.05, 4.69) is 27.6 Å². The Balaban J connectivity index is 1.89. The van der Waals surface area contributed by atoms with E-state index in [1.54, 1.807) is 12.3 Å². The highest BCUT2D eigenvalue weighted by Gasteiger charge is 2.10. The van der Waals surface area contributed by atoms with Crippen LogP contribution < -0.4 is 10.3 Å². The van der Waals surface area contributed by atoms with Crippen molar-refractivity contribution in [2.24, 2.45) is 5.10 Å². The zero-order valence-electron chi connectivity index (χ0n) is 11.4. The largest absolute Gasteiger partial charge is 0.372 e. The third kappa shape index (κ3) is 4.09. The van der Waals surface area contributed by atoms with Crippen LogP contribution in [0.2, 0.25) is 0 Å². The van der Waals surface area contributed by atoms with Crippen molar-refractivity contribution >= 4 is 17.8 Å². The number of amides is 1. The Morgan fingerprint density at radius 2 is 2.00 bits per heavy atom. The molecule has 0 spiro atoms. The van der Waals surface area contributed by atoms with Gasteiger partial charge in [0, 0.05) is 18.8 Å². The van der Waals surface area contributed by atoms with Gasteiger partial charge in [0.2, 0.25) is 0 Å². The number of rotatable bonds is 4. The molecule has 0 saturated carbocycles. The lowest BCUT2D eigenvalue weighted by atomic mass is 10.1. The van der Waals surface area contributed by atoms with Crippen molar-refractivity contribution < 1.29 is 4.79 Å². The summed E-state index contributed by atoms with van der Waals surface area (Å²) in [6.45, 7) is 2.25. The molecule has 104 valence electrons. The van der Waals surface area contributed by atoms with Gasteiger partial charge in [-0.05, 0) is 37.0 Å². The van der Waals surface area contributed by atoms with Gasteiger partial charge in [0.05, 0.1) is 12.3 Å². The first kappa shape index (κ1) is 14.1. The summed E-state index contributed by atoms with van der Waals surface area (Å²) in [5, 5.41) is 12.2. The molecule has 1 aromatic rings. The van der Waals surface area contributed by atoms with Crippen LogP contribution in [0.25, 0.3) is 0 Å². The molecule has 1 amide bonds. The summed E-state index contributed by atoms with van der Waals surface area (Å²) in [6, 6.07) is 9.87. The number of anilines is 1. The third-order valence-corrected chi connectivity index (χ3v) is 3.26. The topological polar surface area (TPSA) is 68.5 Å². The number of nitrogens with zero attached hydrogens (tertiary/aromatic N) is 3. The van der Waals surface area contributed by atoms with E-state index < -0.39 is 5.91 Å². The molecule has 1 saturated heterocycles. The summed E-state index contributed by atoms with van der Waals surface area (Å²) in [7, 11) is 0. The highest BCUT2D eigenvalue weighted by molar-refractivity contribution is 5.83. The molecule has 5 heteroatoms. The van der Waals surface area contributed by atoms with Gasteiger partial charge < -0.3 is 4.90 Å². The van der Waals surface area contributed by atoms with Crippen molar-refractivity contribution in [3.05, 3.63) is 29.8 Å². The molecule has 0 aromatic heterocycles. The fourth-order valence-electron chi connectivity index (χ4n) is 2.21. The Hall–Kier alpha value is -2.35. The minimum Gasteiger partial charge on any atom is -0.372 e. The molecule has 20 heavy (non-hydrogen) atoms. The molecule has 2 rings (SSSR count). The Kier molecular flexibility index (Phi) is 5.13. The molecule has 1 N–H and O–H groups in total. The summed E-state index contributed by atoms with van der Waals surface area (Å²) in [5.41, 5.74) is 4.46. The van der Waals surface area contributed by atoms with Crippen molar-refractivity contribution in [1.82, 2.24) is 5.43 Å². The molecule has 1 aliphatic heterocycles. The maximum atomic E-state index is 11.0. The van der Waals surface area contributed by atoms with Crippen LogP contribution in [0.3, 0.4) is 0 Å². The maximum Gasteiger partial charge on any atom is 0.254 e. The van der Waals surface area contributed by atoms with E-state index in [0.717, 1.165) is 18.7 Å². The average Bonchev–Trinajstić information content (AvgIpc) is 2.49. The lowest BCUT2D eigenvalue weighted by Gasteiger charge is -2.28. The molecule has 1 heterocycles. The van der Waals surface area contributed by atoms with Crippen LogP contribution in [-0.2, 0) is 4.79 Å². The van der Waals surface area contributed by atoms with Crippen LogP contribution in [0.4, 0.5) is 5.69 Å². The quantitative estimate of drug-likeness (QED) is 0.672. The predicted molar refractivity (Wildman–Crippen MR) is 78.5 cm³/mol. The molecule has 0 unspecified atom stereocenters. The molecule has 0 atom stereocenters. The van der Waals surface area contributed by atoms with Crippen molar-refractivity contribution in [3.8, 4) is 6.07 Å². The van der Waals surface area contributed by atoms with E-state index in [1.807, 2.05) is 12.1 Å². The van der Waals surface area contributed by atoms with Gasteiger partial charge in [0.25, 0.3) is 5.91 Å². The van der Waals surface area contributed by atoms with Gasteiger partial charge in [-0.15, -0.1) is 0 Å². The van der Waals surface area contributed by atoms with Gasteiger partial charge in [-0.2, -0.15) is 10.4 Å². The van der Waals surface area contributed by atoms with E-state index in [-0.39, 0.29) is 6.42 Å². The normalized spacial score (nSPS) is 15.1. The highest BCUT2D eigenvalue weighted by atomic mass is 16.2. The van der Waals surface area contributed by atoms with Crippen molar-refractivity contribution in [1.29, 1.82) is 5.26 Å². The number of nitriles is 1. The smallest absolute Gasteiger partial charge is 0.254 e. The fourth-order valence-corrected chi connectivity index (χ4v) is 2.21. The number of carbonyl (C=O) groups is 1. The Labute approximate surface area is 118 Å². The zero-order valence-corrected chi connectivity index (χ0v) is 11.4. The minimum absolute atomic E-state index is 0.175. The van der Waals surface area contributed by atoms with E-state index in [0.29, 0.717) is 0 Å². The number of hydrogen-bond donors (Lipinski definition) is 1. The number of benzene rings is 1. The highest BCUT2D eigenvalue weighted by Crippen LogP contribution is 2.19. The summed E-state index contributed by atoms with van der Waals surface area (Å²) < 4.78 is 0. The summed E-state index contributed by atoms with van der Waals surface area (Å²) in [6.07, 6.45) is 5.24. The first-order valence-corrected chi connectivity index (χ1v) is 6.83. The SMILES string of the molecule is N#CCC(=O)N/N=C\c1ccc(N2CCCCC2)cc1. The first-order valence-electron chi connectivity index (χ1n) is 6.83. The van der Waals surface area contributed by atoms with Crippen molar-refractivity contribution in [2.45, 2.75) is 25.7 Å². The monoisotopic (exact) mass is 270 g/mol. The number of hydrazone groups is 1. The van der Waals surface area contributed by atoms with Gasteiger partial charge in [0.1, 0.15) is 6.42 Å². The molecule has 5 nitrogen and oxygen atoms in total. The summed E-state index contributed by atoms with van der Waals surface area (Å²) >= 11 is 0. The fraction of sp³-hybridized carbons (Fsp3) is 0.400. The minimum atomic E-state index is -0.395. The molecule has 0 bridgehead atoms. The molecule has 1 aromatic carbocycles. The van der Waals surface area contributed by atoms with E-state index in [4.69, 9.17) is 5.26 Å². The number of nitrogens with one attached hydrogen (secondary N) is 1. The maximum absolute atomic E-state index is 11.0. The van der Waals surface area contributed by atoms with Crippen LogP contribution in [0.1, 0.15) is 31.2 Å². The Morgan fingerprint density at radius 3 is 2.65 bits per heavy atom. The number of piperidine rings is 1. The zero-order chi connectivity index (χ0) is 14.2. The van der Waals surface area contributed by atoms with Gasteiger partial charge in [-0.25, -0.2) is 5.43 Å². The summed E-state index contributed by atoms with van der Waals surface area (Å²) in [5.74, 6) is -0.395. The second-order valence-electron chi connectivity index (χ2n) is 4.77. The standard InChI is InChI=1S/C15H18N4O/c16-9-8-15(20)18-17-12-13-4-6-14(7-5-13)19-10-2-1-3-11-19/h4-7,12H,1-3,8,10-11H2,(H,18,20)/b17-12-. The Morgan fingerprint density at radius 1 is 1.30 bits per heavy atom. The van der Waals surface area contributed by atoms with Gasteiger partial charge >= 0.3 is 0 Å². The van der Waals surface area contributed by atoms with Crippen LogP contribution in [-0.4, -0.2) is 25.2 Å². The van der Waals surface area contributed by atoms with E-state index >= 15 is 0 Å². The van der Waals surface area contributed by atoms with Gasteiger partial charge in [-0.3, -0.25) is 4.79 Å². The lowest BCUT2D eigenvalue weighted by molar-refractivity contribution is -0.120. The molecule has 1 fully saturated rings. The Bertz CT molecular complexity index is 510. The second kappa shape index (κ2) is 7.29. The van der Waals surface area contributed by atoms with Gasteiger partial charge in [0.15, 0.2) is 0 Å². The van der Waals surface area contributed by atoms with Gasteiger partial charge in [-0.1, -0.05) is 12.1 Å². The van der Waals surface area contributed by atoms with Crippen molar-refractivity contribution in [3.63, 3.8) is 0 Å². The van der Waals surface area contributed by atoms with Crippen LogP contribution in [0, 0.1) is 11.3 Å². The molecule has 0 radical (unpaired) electrons. The lowest BCUT2D eigenvalue weighted by Crippen LogP contribution is -2.29. The van der Waals surface area contributed by atoms with Crippen LogP contribution in [0.15, 0.2) is 29.4 Å². The van der Waals surface area contributed by atoms with Crippen LogP contribution in [0.5, 0.6) is 0 Å². The number of carbonyl (C=O) groups excluding carboxylic acids is 1. The van der Waals surface area contributed by atoms with E-state index in [1.165, 1.54) is 24.9 Å².